The van der Waals surface area contributed by atoms with Crippen molar-refractivity contribution in [2.24, 2.45) is 0 Å². The molecule has 147 valence electrons. The number of hydrogen-bond donors (Lipinski definition) is 0. The second-order valence-electron chi connectivity index (χ2n) is 6.85. The van der Waals surface area contributed by atoms with Crippen molar-refractivity contribution in [3.63, 3.8) is 0 Å². The number of rotatable bonds is 3. The van der Waals surface area contributed by atoms with Gasteiger partial charge < -0.3 is 0 Å². The van der Waals surface area contributed by atoms with Crippen molar-refractivity contribution in [1.82, 2.24) is 13.7 Å². The summed E-state index contributed by atoms with van der Waals surface area (Å²) in [6.07, 6.45) is 0. The Kier molecular flexibility index (Phi) is 4.83. The summed E-state index contributed by atoms with van der Waals surface area (Å²) in [6, 6.07) is 19.8. The van der Waals surface area contributed by atoms with Crippen LogP contribution in [0.1, 0.15) is 16.7 Å². The van der Waals surface area contributed by atoms with E-state index in [2.05, 4.69) is 20.8 Å². The summed E-state index contributed by atoms with van der Waals surface area (Å²) in [4.78, 5) is 39.9. The van der Waals surface area contributed by atoms with Gasteiger partial charge in [0.15, 0.2) is 0 Å². The molecule has 0 aliphatic rings. The third kappa shape index (κ3) is 3.33. The van der Waals surface area contributed by atoms with Crippen molar-refractivity contribution >= 4 is 0 Å². The molecule has 0 aliphatic heterocycles. The van der Waals surface area contributed by atoms with Gasteiger partial charge in [-0.15, -0.1) is 0 Å². The Morgan fingerprint density at radius 3 is 0.800 bits per heavy atom. The Balaban J connectivity index is 2.13. The van der Waals surface area contributed by atoms with E-state index in [9.17, 15) is 14.4 Å². The van der Waals surface area contributed by atoms with E-state index in [4.69, 9.17) is 0 Å². The van der Waals surface area contributed by atoms with Crippen molar-refractivity contribution in [3.05, 3.63) is 142 Å². The van der Waals surface area contributed by atoms with E-state index < -0.39 is 17.1 Å². The van der Waals surface area contributed by atoms with E-state index >= 15 is 0 Å². The van der Waals surface area contributed by atoms with Gasteiger partial charge in [0.1, 0.15) is 0 Å². The third-order valence-electron chi connectivity index (χ3n) is 4.73. The van der Waals surface area contributed by atoms with Crippen LogP contribution < -0.4 is 17.1 Å². The first kappa shape index (κ1) is 19.4. The van der Waals surface area contributed by atoms with Crippen LogP contribution in [0.5, 0.6) is 0 Å². The highest BCUT2D eigenvalue weighted by Crippen LogP contribution is 2.10. The van der Waals surface area contributed by atoms with E-state index in [1.807, 2.05) is 0 Å². The summed E-state index contributed by atoms with van der Waals surface area (Å²) < 4.78 is 2.91. The van der Waals surface area contributed by atoms with Crippen LogP contribution in [0.2, 0.25) is 0 Å². The van der Waals surface area contributed by atoms with Gasteiger partial charge in [-0.2, -0.15) is 0 Å². The minimum atomic E-state index is -0.761. The lowest BCUT2D eigenvalue weighted by Crippen LogP contribution is -2.52. The molecular weight excluding hydrogens is 378 g/mol. The van der Waals surface area contributed by atoms with Crippen LogP contribution in [0.25, 0.3) is 17.1 Å². The van der Waals surface area contributed by atoms with E-state index in [1.165, 1.54) is 0 Å². The van der Waals surface area contributed by atoms with Crippen molar-refractivity contribution < 1.29 is 0 Å². The molecule has 0 spiro atoms. The first-order valence-electron chi connectivity index (χ1n) is 9.15. The van der Waals surface area contributed by atoms with Crippen molar-refractivity contribution in [1.29, 1.82) is 0 Å². The zero-order valence-electron chi connectivity index (χ0n) is 16.1. The van der Waals surface area contributed by atoms with Crippen LogP contribution >= 0.6 is 0 Å². The van der Waals surface area contributed by atoms with E-state index in [0.717, 1.165) is 30.4 Å². The van der Waals surface area contributed by atoms with Gasteiger partial charge in [0.2, 0.25) is 0 Å². The number of nitrogens with zero attached hydrogens (tertiary/aromatic N) is 3. The lowest BCUT2D eigenvalue weighted by atomic mass is 10.2. The second-order valence-corrected chi connectivity index (χ2v) is 6.85. The second kappa shape index (κ2) is 7.48. The van der Waals surface area contributed by atoms with Gasteiger partial charge in [0, 0.05) is 0 Å². The largest absolute Gasteiger partial charge is 0.345 e. The molecule has 6 nitrogen and oxygen atoms in total. The van der Waals surface area contributed by atoms with E-state index in [0.29, 0.717) is 17.1 Å². The minimum absolute atomic E-state index is 0.336. The molecule has 6 heteroatoms. The van der Waals surface area contributed by atoms with Gasteiger partial charge in [0.05, 0.1) is 17.1 Å². The molecule has 4 rings (SSSR count). The van der Waals surface area contributed by atoms with Gasteiger partial charge in [-0.25, -0.2) is 28.1 Å². The van der Waals surface area contributed by atoms with Crippen LogP contribution in [0.15, 0.2) is 87.2 Å². The van der Waals surface area contributed by atoms with Gasteiger partial charge in [-0.1, -0.05) is 36.4 Å². The molecule has 4 aromatic rings. The van der Waals surface area contributed by atoms with Gasteiger partial charge >= 0.3 is 17.1 Å². The first-order valence-corrected chi connectivity index (χ1v) is 9.15. The summed E-state index contributed by atoms with van der Waals surface area (Å²) in [5, 5.41) is 0. The highest BCUT2D eigenvalue weighted by Gasteiger charge is 2.19. The molecule has 0 aliphatic carbocycles. The van der Waals surface area contributed by atoms with Crippen LogP contribution in [0.3, 0.4) is 0 Å². The molecule has 0 unspecified atom stereocenters. The van der Waals surface area contributed by atoms with Gasteiger partial charge in [-0.3, -0.25) is 0 Å². The standard InChI is InChI=1S/C24H18N3O3/c1-16-4-10-19(11-5-16)25-22(28)26(20-12-6-17(2)7-13-20)24(30)27(23(25)29)21-14-8-18(3)9-15-21/h4-15H,1-3H2. The molecule has 0 saturated carbocycles. The average molecular weight is 396 g/mol. The fourth-order valence-electron chi connectivity index (χ4n) is 3.14. The fraction of sp³-hybridized carbons (Fsp3) is 0. The average Bonchev–Trinajstić information content (AvgIpc) is 2.72. The summed E-state index contributed by atoms with van der Waals surface area (Å²) in [7, 11) is 0. The number of aromatic nitrogens is 3. The molecule has 0 N–H and O–H groups in total. The SMILES string of the molecule is [CH2]c1ccc(-n2c(=O)n(-c3ccc([CH2])cc3)c(=O)n(-c3ccc([CH2])cc3)c2=O)cc1. The van der Waals surface area contributed by atoms with Gasteiger partial charge in [-0.05, 0) is 73.9 Å². The predicted molar refractivity (Wildman–Crippen MR) is 117 cm³/mol. The lowest BCUT2D eigenvalue weighted by Gasteiger charge is -2.14. The van der Waals surface area contributed by atoms with E-state index in [1.54, 1.807) is 72.8 Å². The Labute approximate surface area is 172 Å². The maximum atomic E-state index is 13.3. The molecule has 1 aromatic heterocycles. The molecule has 0 atom stereocenters. The number of benzene rings is 3. The maximum Gasteiger partial charge on any atom is 0.345 e. The normalized spacial score (nSPS) is 10.9. The molecule has 0 amide bonds. The Hall–Kier alpha value is -3.93. The molecule has 30 heavy (non-hydrogen) atoms. The molecule has 3 radical (unpaired) electrons. The molecular formula is C24H18N3O3. The van der Waals surface area contributed by atoms with Crippen LogP contribution in [0.4, 0.5) is 0 Å². The zero-order valence-corrected chi connectivity index (χ0v) is 16.1. The topological polar surface area (TPSA) is 66.0 Å². The van der Waals surface area contributed by atoms with Crippen molar-refractivity contribution in [2.45, 2.75) is 0 Å². The van der Waals surface area contributed by atoms with Crippen LogP contribution in [0, 0.1) is 20.8 Å². The Morgan fingerprint density at radius 2 is 0.600 bits per heavy atom. The molecule has 0 bridgehead atoms. The Bertz CT molecular complexity index is 1180. The van der Waals surface area contributed by atoms with Crippen LogP contribution in [-0.2, 0) is 0 Å². The monoisotopic (exact) mass is 396 g/mol. The molecule has 0 fully saturated rings. The lowest BCUT2D eigenvalue weighted by molar-refractivity contribution is 0.659. The van der Waals surface area contributed by atoms with Gasteiger partial charge in [0.25, 0.3) is 0 Å². The van der Waals surface area contributed by atoms with Crippen molar-refractivity contribution in [2.75, 3.05) is 0 Å². The highest BCUT2D eigenvalue weighted by molar-refractivity contribution is 5.40. The maximum absolute atomic E-state index is 13.3. The summed E-state index contributed by atoms with van der Waals surface area (Å²) in [5.74, 6) is 0. The van der Waals surface area contributed by atoms with E-state index in [-0.39, 0.29) is 0 Å². The Morgan fingerprint density at radius 1 is 0.400 bits per heavy atom. The first-order chi connectivity index (χ1) is 14.4. The third-order valence-corrected chi connectivity index (χ3v) is 4.73. The minimum Gasteiger partial charge on any atom is -0.246 e. The van der Waals surface area contributed by atoms with Crippen molar-refractivity contribution in [3.8, 4) is 17.1 Å². The predicted octanol–water partition coefficient (Wildman–Crippen LogP) is 2.69. The molecule has 3 aromatic carbocycles. The molecule has 0 saturated heterocycles. The number of hydrogen-bond acceptors (Lipinski definition) is 3. The zero-order chi connectivity index (χ0) is 21.4. The summed E-state index contributed by atoms with van der Waals surface area (Å²) in [5.41, 5.74) is 0.927. The molecule has 1 heterocycles. The summed E-state index contributed by atoms with van der Waals surface area (Å²) in [6.45, 7) is 11.5. The fourth-order valence-corrected chi connectivity index (χ4v) is 3.14. The van der Waals surface area contributed by atoms with Crippen LogP contribution in [-0.4, -0.2) is 13.7 Å². The highest BCUT2D eigenvalue weighted by atomic mass is 16.2. The summed E-state index contributed by atoms with van der Waals surface area (Å²) >= 11 is 0. The smallest absolute Gasteiger partial charge is 0.246 e. The quantitative estimate of drug-likeness (QED) is 0.535.